The van der Waals surface area contributed by atoms with E-state index in [9.17, 15) is 22.8 Å². The highest BCUT2D eigenvalue weighted by atomic mass is 19.4. The number of hydrogen-bond acceptors (Lipinski definition) is 5. The summed E-state index contributed by atoms with van der Waals surface area (Å²) < 4.78 is 45.5. The van der Waals surface area contributed by atoms with Gasteiger partial charge in [-0.15, -0.1) is 0 Å². The number of piperazine rings is 1. The first-order chi connectivity index (χ1) is 13.7. The third-order valence-corrected chi connectivity index (χ3v) is 4.65. The van der Waals surface area contributed by atoms with Gasteiger partial charge in [-0.2, -0.15) is 18.3 Å². The van der Waals surface area contributed by atoms with Crippen molar-refractivity contribution in [3.63, 3.8) is 0 Å². The van der Waals surface area contributed by atoms with Gasteiger partial charge < -0.3 is 14.2 Å². The van der Waals surface area contributed by atoms with E-state index >= 15 is 0 Å². The highest BCUT2D eigenvalue weighted by molar-refractivity contribution is 5.94. The zero-order chi connectivity index (χ0) is 20.8. The Morgan fingerprint density at radius 1 is 1.07 bits per heavy atom. The molecule has 3 aromatic heterocycles. The Bertz CT molecular complexity index is 1070. The highest BCUT2D eigenvalue weighted by Gasteiger charge is 2.35. The van der Waals surface area contributed by atoms with Crippen LogP contribution in [-0.4, -0.2) is 62.4 Å². The molecule has 3 aromatic rings. The van der Waals surface area contributed by atoms with Gasteiger partial charge in [0.15, 0.2) is 17.1 Å². The largest absolute Gasteiger partial charge is 0.459 e. The summed E-state index contributed by atoms with van der Waals surface area (Å²) in [7, 11) is 0. The van der Waals surface area contributed by atoms with Gasteiger partial charge in [0, 0.05) is 37.9 Å². The molecule has 4 heterocycles. The van der Waals surface area contributed by atoms with Crippen LogP contribution in [0, 0.1) is 6.92 Å². The third-order valence-electron chi connectivity index (χ3n) is 4.65. The van der Waals surface area contributed by atoms with Crippen LogP contribution in [-0.2, 0) is 6.18 Å². The van der Waals surface area contributed by atoms with Crippen molar-refractivity contribution < 1.29 is 27.2 Å². The standard InChI is InChI=1S/C18H16F3N5O3/c1-11-9-14(18(19,20)21)26-15(22-11)10-12(23-26)16(27)24-4-6-25(7-5-24)17(28)13-3-2-8-29-13/h2-3,8-10H,4-7H2,1H3. The Hall–Kier alpha value is -3.37. The minimum absolute atomic E-state index is 0.0488. The van der Waals surface area contributed by atoms with Crippen LogP contribution in [0.25, 0.3) is 5.65 Å². The molecule has 0 aromatic carbocycles. The molecule has 0 aliphatic carbocycles. The molecule has 2 amide bonds. The van der Waals surface area contributed by atoms with Gasteiger partial charge in [0.25, 0.3) is 11.8 Å². The number of nitrogens with zero attached hydrogens (tertiary/aromatic N) is 5. The van der Waals surface area contributed by atoms with Gasteiger partial charge >= 0.3 is 6.18 Å². The summed E-state index contributed by atoms with van der Waals surface area (Å²) in [4.78, 5) is 32.1. The fraction of sp³-hybridized carbons (Fsp3) is 0.333. The van der Waals surface area contributed by atoms with Crippen LogP contribution in [0.2, 0.25) is 0 Å². The van der Waals surface area contributed by atoms with E-state index in [2.05, 4.69) is 10.1 Å². The molecule has 0 spiro atoms. The molecule has 11 heteroatoms. The Balaban J connectivity index is 1.52. The predicted octanol–water partition coefficient (Wildman–Crippen LogP) is 2.25. The molecular weight excluding hydrogens is 391 g/mol. The third kappa shape index (κ3) is 3.55. The number of alkyl halides is 3. The van der Waals surface area contributed by atoms with Gasteiger partial charge in [-0.25, -0.2) is 9.50 Å². The molecule has 1 fully saturated rings. The molecule has 0 N–H and O–H groups in total. The fourth-order valence-electron chi connectivity index (χ4n) is 3.24. The maximum Gasteiger partial charge on any atom is 0.433 e. The molecule has 1 aliphatic rings. The smallest absolute Gasteiger partial charge is 0.433 e. The van der Waals surface area contributed by atoms with Crippen molar-refractivity contribution in [3.05, 3.63) is 53.4 Å². The van der Waals surface area contributed by atoms with Crippen LogP contribution in [0.3, 0.4) is 0 Å². The molecule has 1 saturated heterocycles. The zero-order valence-corrected chi connectivity index (χ0v) is 15.3. The van der Waals surface area contributed by atoms with Crippen LogP contribution in [0.4, 0.5) is 13.2 Å². The number of furan rings is 1. The topological polar surface area (TPSA) is 84.0 Å². The summed E-state index contributed by atoms with van der Waals surface area (Å²) in [6.45, 7) is 2.47. The number of rotatable bonds is 2. The number of amides is 2. The molecule has 4 rings (SSSR count). The highest BCUT2D eigenvalue weighted by Crippen LogP contribution is 2.30. The minimum atomic E-state index is -4.63. The van der Waals surface area contributed by atoms with Crippen molar-refractivity contribution in [3.8, 4) is 0 Å². The lowest BCUT2D eigenvalue weighted by Gasteiger charge is -2.33. The van der Waals surface area contributed by atoms with Crippen LogP contribution in [0.15, 0.2) is 34.9 Å². The molecule has 0 unspecified atom stereocenters. The van der Waals surface area contributed by atoms with Gasteiger partial charge in [0.05, 0.1) is 6.26 Å². The van der Waals surface area contributed by atoms with Crippen molar-refractivity contribution in [2.75, 3.05) is 26.2 Å². The monoisotopic (exact) mass is 407 g/mol. The van der Waals surface area contributed by atoms with Crippen LogP contribution < -0.4 is 0 Å². The summed E-state index contributed by atoms with van der Waals surface area (Å²) in [5.74, 6) is -0.568. The van der Waals surface area contributed by atoms with Crippen LogP contribution >= 0.6 is 0 Å². The summed E-state index contributed by atoms with van der Waals surface area (Å²) in [6, 6.07) is 5.29. The van der Waals surface area contributed by atoms with E-state index in [0.29, 0.717) is 4.52 Å². The lowest BCUT2D eigenvalue weighted by molar-refractivity contribution is -0.142. The van der Waals surface area contributed by atoms with Crippen LogP contribution in [0.5, 0.6) is 0 Å². The van der Waals surface area contributed by atoms with E-state index in [1.54, 1.807) is 17.0 Å². The van der Waals surface area contributed by atoms with E-state index in [1.165, 1.54) is 24.2 Å². The number of aryl methyl sites for hydroxylation is 1. The van der Waals surface area contributed by atoms with Gasteiger partial charge in [-0.1, -0.05) is 0 Å². The zero-order valence-electron chi connectivity index (χ0n) is 15.3. The summed E-state index contributed by atoms with van der Waals surface area (Å²) in [5, 5.41) is 3.84. The normalized spacial score (nSPS) is 15.2. The summed E-state index contributed by atoms with van der Waals surface area (Å²) in [6.07, 6.45) is -3.22. The Kier molecular flexibility index (Phi) is 4.52. The maximum atomic E-state index is 13.3. The molecule has 29 heavy (non-hydrogen) atoms. The van der Waals surface area contributed by atoms with Crippen molar-refractivity contribution in [2.45, 2.75) is 13.1 Å². The van der Waals surface area contributed by atoms with Crippen LogP contribution in [0.1, 0.15) is 32.4 Å². The Labute approximate surface area is 162 Å². The first-order valence-electron chi connectivity index (χ1n) is 8.81. The van der Waals surface area contributed by atoms with E-state index in [-0.39, 0.29) is 54.9 Å². The maximum absolute atomic E-state index is 13.3. The molecular formula is C18H16F3N5O3. The number of fused-ring (bicyclic) bond motifs is 1. The molecule has 0 radical (unpaired) electrons. The average molecular weight is 407 g/mol. The average Bonchev–Trinajstić information content (AvgIpc) is 3.35. The van der Waals surface area contributed by atoms with Crippen molar-refractivity contribution in [2.24, 2.45) is 0 Å². The van der Waals surface area contributed by atoms with E-state index in [1.807, 2.05) is 0 Å². The van der Waals surface area contributed by atoms with E-state index in [4.69, 9.17) is 4.42 Å². The number of carbonyl (C=O) groups excluding carboxylic acids is 2. The second kappa shape index (κ2) is 6.90. The number of aromatic nitrogens is 3. The molecule has 0 bridgehead atoms. The van der Waals surface area contributed by atoms with Crippen molar-refractivity contribution in [1.29, 1.82) is 0 Å². The first-order valence-corrected chi connectivity index (χ1v) is 8.81. The second-order valence-corrected chi connectivity index (χ2v) is 6.64. The van der Waals surface area contributed by atoms with E-state index < -0.39 is 17.8 Å². The van der Waals surface area contributed by atoms with Gasteiger partial charge in [0.2, 0.25) is 0 Å². The molecule has 0 saturated carbocycles. The lowest BCUT2D eigenvalue weighted by atomic mass is 10.2. The minimum Gasteiger partial charge on any atom is -0.459 e. The van der Waals surface area contributed by atoms with Crippen molar-refractivity contribution >= 4 is 17.5 Å². The number of hydrogen-bond donors (Lipinski definition) is 0. The van der Waals surface area contributed by atoms with Gasteiger partial charge in [-0.05, 0) is 25.1 Å². The predicted molar refractivity (Wildman–Crippen MR) is 93.2 cm³/mol. The molecule has 152 valence electrons. The Morgan fingerprint density at radius 3 is 2.31 bits per heavy atom. The first kappa shape index (κ1) is 19.0. The summed E-state index contributed by atoms with van der Waals surface area (Å²) in [5.41, 5.74) is -0.992. The van der Waals surface area contributed by atoms with Crippen molar-refractivity contribution in [1.82, 2.24) is 24.4 Å². The Morgan fingerprint density at radius 2 is 1.72 bits per heavy atom. The van der Waals surface area contributed by atoms with Gasteiger partial charge in [0.1, 0.15) is 5.69 Å². The number of halogens is 3. The van der Waals surface area contributed by atoms with E-state index in [0.717, 1.165) is 6.07 Å². The van der Waals surface area contributed by atoms with Gasteiger partial charge in [-0.3, -0.25) is 9.59 Å². The molecule has 1 aliphatic heterocycles. The second-order valence-electron chi connectivity index (χ2n) is 6.64. The quantitative estimate of drug-likeness (QED) is 0.651. The molecule has 0 atom stereocenters. The summed E-state index contributed by atoms with van der Waals surface area (Å²) >= 11 is 0. The lowest BCUT2D eigenvalue weighted by Crippen LogP contribution is -2.50. The SMILES string of the molecule is Cc1cc(C(F)(F)F)n2nc(C(=O)N3CCN(C(=O)c4ccco4)CC3)cc2n1. The fourth-order valence-corrected chi connectivity index (χ4v) is 3.24. The number of carbonyl (C=O) groups is 2. The molecule has 8 nitrogen and oxygen atoms in total.